The van der Waals surface area contributed by atoms with E-state index in [1.54, 1.807) is 6.20 Å². The molecule has 0 saturated heterocycles. The van der Waals surface area contributed by atoms with Crippen molar-refractivity contribution in [3.63, 3.8) is 0 Å². The van der Waals surface area contributed by atoms with Gasteiger partial charge in [-0.25, -0.2) is 4.98 Å². The average molecular weight is 178 g/mol. The molecule has 0 spiro atoms. The van der Waals surface area contributed by atoms with Crippen LogP contribution in [0.15, 0.2) is 6.20 Å². The van der Waals surface area contributed by atoms with Crippen molar-refractivity contribution in [1.82, 2.24) is 4.98 Å². The highest BCUT2D eigenvalue weighted by atomic mass is 35.5. The van der Waals surface area contributed by atoms with E-state index < -0.39 is 19.3 Å². The normalized spacial score (nSPS) is 8.75. The molecule has 1 aromatic heterocycles. The Hall–Kier alpha value is 0.976. The van der Waals surface area contributed by atoms with E-state index >= 15 is 0 Å². The molecule has 0 unspecified atom stereocenters. The fourth-order valence-corrected chi connectivity index (χ4v) is 2.88. The van der Waals surface area contributed by atoms with E-state index in [2.05, 4.69) is 4.98 Å². The molecule has 0 aliphatic rings. The molecular formula is C3HCl2MgNS. The lowest BCUT2D eigenvalue weighted by Gasteiger charge is -1.72. The minimum absolute atomic E-state index is 0.544. The van der Waals surface area contributed by atoms with Crippen LogP contribution in [0.1, 0.15) is 0 Å². The molecule has 1 nitrogen and oxygen atoms in total. The van der Waals surface area contributed by atoms with Crippen LogP contribution in [-0.4, -0.2) is 24.2 Å². The Morgan fingerprint density at radius 3 is 2.75 bits per heavy atom. The van der Waals surface area contributed by atoms with Crippen LogP contribution in [0.25, 0.3) is 0 Å². The summed E-state index contributed by atoms with van der Waals surface area (Å²) in [5.74, 6) is 0. The van der Waals surface area contributed by atoms with Gasteiger partial charge in [0.1, 0.15) is 0 Å². The van der Waals surface area contributed by atoms with Crippen LogP contribution in [0.2, 0.25) is 4.47 Å². The topological polar surface area (TPSA) is 12.9 Å². The third-order valence-corrected chi connectivity index (χ3v) is 4.28. The van der Waals surface area contributed by atoms with Crippen LogP contribution >= 0.6 is 32.0 Å². The summed E-state index contributed by atoms with van der Waals surface area (Å²) in [7, 11) is 5.59. The third-order valence-electron chi connectivity index (χ3n) is 0.657. The highest BCUT2D eigenvalue weighted by molar-refractivity contribution is 7.29. The van der Waals surface area contributed by atoms with Gasteiger partial charge in [0, 0.05) is 6.20 Å². The first-order chi connectivity index (χ1) is 3.83. The summed E-state index contributed by atoms with van der Waals surface area (Å²) in [6.07, 6.45) is 1.74. The second-order valence-corrected chi connectivity index (χ2v) is 5.25. The van der Waals surface area contributed by atoms with Gasteiger partial charge in [-0.05, 0) is 0 Å². The summed E-state index contributed by atoms with van der Waals surface area (Å²) >= 11 is 6.44. The predicted octanol–water partition coefficient (Wildman–Crippen LogP) is 1.28. The summed E-state index contributed by atoms with van der Waals surface area (Å²) < 4.78 is 1.74. The maximum absolute atomic E-state index is 5.59. The lowest BCUT2D eigenvalue weighted by atomic mass is 11.0. The van der Waals surface area contributed by atoms with E-state index in [0.29, 0.717) is 4.47 Å². The molecule has 8 heavy (non-hydrogen) atoms. The predicted molar refractivity (Wildman–Crippen MR) is 38.4 cm³/mol. The van der Waals surface area contributed by atoms with Gasteiger partial charge in [0.2, 0.25) is 0 Å². The number of aromatic nitrogens is 1. The number of rotatable bonds is 1. The van der Waals surface area contributed by atoms with E-state index in [1.807, 2.05) is 0 Å². The second kappa shape index (κ2) is 3.22. The number of hydrogen-bond acceptors (Lipinski definition) is 2. The minimum atomic E-state index is -0.544. The van der Waals surface area contributed by atoms with E-state index in [-0.39, 0.29) is 0 Å². The largest absolute Gasteiger partial charge is 0.554 e. The van der Waals surface area contributed by atoms with Crippen molar-refractivity contribution < 1.29 is 0 Å². The minimum Gasteiger partial charge on any atom is -0.334 e. The first-order valence-corrected chi connectivity index (χ1v) is 6.03. The van der Waals surface area contributed by atoms with Crippen LogP contribution in [-0.2, 0) is 0 Å². The molecule has 0 saturated carbocycles. The highest BCUT2D eigenvalue weighted by Gasteiger charge is 1.98. The maximum Gasteiger partial charge on any atom is 0.554 e. The lowest BCUT2D eigenvalue weighted by molar-refractivity contribution is 1.43. The molecule has 0 aromatic carbocycles. The molecule has 0 aliphatic carbocycles. The van der Waals surface area contributed by atoms with Crippen molar-refractivity contribution in [1.29, 1.82) is 0 Å². The molecule has 1 rings (SSSR count). The molecular weight excluding hydrogens is 177 g/mol. The van der Waals surface area contributed by atoms with Crippen molar-refractivity contribution in [2.24, 2.45) is 0 Å². The number of halogens is 2. The molecule has 1 aromatic rings. The van der Waals surface area contributed by atoms with Gasteiger partial charge in [-0.3, -0.25) is 0 Å². The molecule has 0 bridgehead atoms. The molecule has 1 heterocycles. The van der Waals surface area contributed by atoms with Crippen molar-refractivity contribution in [3.05, 3.63) is 10.7 Å². The molecule has 40 valence electrons. The van der Waals surface area contributed by atoms with Crippen molar-refractivity contribution in [2.75, 3.05) is 0 Å². The van der Waals surface area contributed by atoms with Gasteiger partial charge < -0.3 is 9.07 Å². The maximum atomic E-state index is 5.59. The number of thiazole rings is 1. The number of nitrogens with zero attached hydrogens (tertiary/aromatic N) is 1. The van der Waals surface area contributed by atoms with E-state index in [0.717, 1.165) is 3.01 Å². The van der Waals surface area contributed by atoms with E-state index in [1.165, 1.54) is 11.3 Å². The standard InChI is InChI=1S/C3HClNS.ClH.Mg/c4-3-5-1-2-6-3;;/h1H;1H;/q;;+1/p-1. The summed E-state index contributed by atoms with van der Waals surface area (Å²) in [6, 6.07) is 0. The Kier molecular flexibility index (Phi) is 2.85. The Balaban J connectivity index is 2.84. The molecule has 0 N–H and O–H groups in total. The van der Waals surface area contributed by atoms with Crippen molar-refractivity contribution in [3.8, 4) is 0 Å². The van der Waals surface area contributed by atoms with Crippen LogP contribution in [0.4, 0.5) is 0 Å². The Bertz CT molecular complexity index is 178. The Labute approximate surface area is 69.5 Å². The molecule has 0 amide bonds. The Morgan fingerprint density at radius 1 is 1.75 bits per heavy atom. The fourth-order valence-electron chi connectivity index (χ4n) is 0.345. The SMILES string of the molecule is [Cl][Mg][c]1cnc(Cl)s1. The van der Waals surface area contributed by atoms with Gasteiger partial charge in [0.15, 0.2) is 4.47 Å². The van der Waals surface area contributed by atoms with Crippen LogP contribution in [0.3, 0.4) is 0 Å². The second-order valence-electron chi connectivity index (χ2n) is 1.21. The average Bonchev–Trinajstić information content (AvgIpc) is 2.14. The van der Waals surface area contributed by atoms with Gasteiger partial charge in [0.25, 0.3) is 0 Å². The van der Waals surface area contributed by atoms with Gasteiger partial charge in [0.05, 0.1) is 0 Å². The third kappa shape index (κ3) is 1.74. The zero-order chi connectivity index (χ0) is 5.98. The quantitative estimate of drug-likeness (QED) is 0.590. The van der Waals surface area contributed by atoms with E-state index in [9.17, 15) is 0 Å². The first kappa shape index (κ1) is 7.09. The zero-order valence-electron chi connectivity index (χ0n) is 3.90. The molecule has 0 fully saturated rings. The summed E-state index contributed by atoms with van der Waals surface area (Å²) in [4.78, 5) is 3.82. The molecule has 5 heteroatoms. The van der Waals surface area contributed by atoms with Crippen LogP contribution in [0, 0.1) is 0 Å². The van der Waals surface area contributed by atoms with Gasteiger partial charge >= 0.3 is 19.3 Å². The van der Waals surface area contributed by atoms with E-state index in [4.69, 9.17) is 20.7 Å². The monoisotopic (exact) mass is 177 g/mol. The summed E-state index contributed by atoms with van der Waals surface area (Å²) in [6.45, 7) is 0. The Morgan fingerprint density at radius 2 is 2.50 bits per heavy atom. The molecule has 0 atom stereocenters. The fraction of sp³-hybridized carbons (Fsp3) is 0. The molecule has 0 aliphatic heterocycles. The van der Waals surface area contributed by atoms with Crippen LogP contribution < -0.4 is 3.01 Å². The first-order valence-electron chi connectivity index (χ1n) is 1.99. The van der Waals surface area contributed by atoms with Gasteiger partial charge in [-0.1, -0.05) is 14.6 Å². The molecule has 0 radical (unpaired) electrons. The van der Waals surface area contributed by atoms with Crippen molar-refractivity contribution >= 4 is 54.3 Å². The lowest BCUT2D eigenvalue weighted by Crippen LogP contribution is -1.99. The summed E-state index contributed by atoms with van der Waals surface area (Å²) in [5.41, 5.74) is 0. The van der Waals surface area contributed by atoms with Gasteiger partial charge in [-0.2, -0.15) is 0 Å². The number of hydrogen-bond donors (Lipinski definition) is 0. The summed E-state index contributed by atoms with van der Waals surface area (Å²) in [5, 5.41) is 0. The van der Waals surface area contributed by atoms with Crippen LogP contribution in [0.5, 0.6) is 0 Å². The highest BCUT2D eigenvalue weighted by Crippen LogP contribution is 2.07. The smallest absolute Gasteiger partial charge is 0.334 e. The van der Waals surface area contributed by atoms with Crippen molar-refractivity contribution in [2.45, 2.75) is 0 Å². The zero-order valence-corrected chi connectivity index (χ0v) is 7.64. The van der Waals surface area contributed by atoms with Gasteiger partial charge in [-0.15, -0.1) is 11.3 Å².